The molecule has 0 atom stereocenters. The van der Waals surface area contributed by atoms with Crippen molar-refractivity contribution in [2.45, 2.75) is 39.0 Å². The van der Waals surface area contributed by atoms with Crippen molar-refractivity contribution in [2.75, 3.05) is 11.9 Å². The van der Waals surface area contributed by atoms with Crippen molar-refractivity contribution in [3.8, 4) is 11.5 Å². The highest BCUT2D eigenvalue weighted by atomic mass is 16.7. The molecular formula is C17H22N4O3. The number of carbonyl (C=O) groups excluding carboxylic acids is 1. The number of amides is 2. The average molecular weight is 330 g/mol. The Morgan fingerprint density at radius 3 is 2.75 bits per heavy atom. The molecule has 0 radical (unpaired) electrons. The predicted molar refractivity (Wildman–Crippen MR) is 90.3 cm³/mol. The van der Waals surface area contributed by atoms with Gasteiger partial charge in [0, 0.05) is 50.1 Å². The zero-order valence-electron chi connectivity index (χ0n) is 13.9. The van der Waals surface area contributed by atoms with Crippen LogP contribution in [0, 0.1) is 0 Å². The van der Waals surface area contributed by atoms with Gasteiger partial charge in [-0.25, -0.2) is 9.78 Å². The van der Waals surface area contributed by atoms with Gasteiger partial charge in [0.05, 0.1) is 6.33 Å². The third-order valence-corrected chi connectivity index (χ3v) is 4.09. The maximum absolute atomic E-state index is 12.0. The molecule has 1 aromatic heterocycles. The van der Waals surface area contributed by atoms with Crippen molar-refractivity contribution in [1.82, 2.24) is 14.9 Å². The second kappa shape index (κ2) is 6.82. The lowest BCUT2D eigenvalue weighted by molar-refractivity contribution is -0.0843. The number of aromatic nitrogens is 2. The van der Waals surface area contributed by atoms with Gasteiger partial charge >= 0.3 is 6.03 Å². The minimum Gasteiger partial charge on any atom is -0.448 e. The van der Waals surface area contributed by atoms with Crippen LogP contribution < -0.4 is 20.1 Å². The van der Waals surface area contributed by atoms with Crippen molar-refractivity contribution in [2.24, 2.45) is 0 Å². The highest BCUT2D eigenvalue weighted by molar-refractivity contribution is 5.89. The minimum absolute atomic E-state index is 0.258. The number of urea groups is 1. The van der Waals surface area contributed by atoms with E-state index in [-0.39, 0.29) is 6.03 Å². The molecular weight excluding hydrogens is 308 g/mol. The van der Waals surface area contributed by atoms with E-state index < -0.39 is 5.79 Å². The van der Waals surface area contributed by atoms with E-state index in [2.05, 4.69) is 15.6 Å². The normalized spacial score (nSPS) is 14.4. The van der Waals surface area contributed by atoms with Gasteiger partial charge in [-0.3, -0.25) is 0 Å². The molecule has 2 heterocycles. The maximum atomic E-state index is 12.0. The molecule has 0 saturated heterocycles. The number of anilines is 1. The number of hydrogen-bond acceptors (Lipinski definition) is 4. The van der Waals surface area contributed by atoms with E-state index >= 15 is 0 Å². The largest absolute Gasteiger partial charge is 0.448 e. The topological polar surface area (TPSA) is 77.4 Å². The van der Waals surface area contributed by atoms with Crippen LogP contribution in [0.25, 0.3) is 0 Å². The Morgan fingerprint density at radius 2 is 2.04 bits per heavy atom. The van der Waals surface area contributed by atoms with Crippen LogP contribution in [0.4, 0.5) is 10.5 Å². The molecule has 3 rings (SSSR count). The van der Waals surface area contributed by atoms with Crippen molar-refractivity contribution < 1.29 is 14.3 Å². The van der Waals surface area contributed by atoms with Crippen LogP contribution >= 0.6 is 0 Å². The van der Waals surface area contributed by atoms with Crippen LogP contribution in [0.3, 0.4) is 0 Å². The number of ether oxygens (including phenoxy) is 2. The summed E-state index contributed by atoms with van der Waals surface area (Å²) in [6.45, 7) is 5.25. The summed E-state index contributed by atoms with van der Waals surface area (Å²) in [5, 5.41) is 5.61. The molecule has 1 aliphatic rings. The van der Waals surface area contributed by atoms with Crippen LogP contribution in [0.2, 0.25) is 0 Å². The second-order valence-electron chi connectivity index (χ2n) is 5.66. The molecule has 7 nitrogen and oxygen atoms in total. The van der Waals surface area contributed by atoms with E-state index in [1.54, 1.807) is 24.7 Å². The molecule has 0 bridgehead atoms. The van der Waals surface area contributed by atoms with Gasteiger partial charge < -0.3 is 24.7 Å². The molecule has 2 aromatic rings. The molecule has 7 heteroatoms. The average Bonchev–Trinajstić information content (AvgIpc) is 3.22. The third kappa shape index (κ3) is 3.45. The molecule has 0 saturated carbocycles. The summed E-state index contributed by atoms with van der Waals surface area (Å²) in [5.41, 5.74) is 0.667. The fraction of sp³-hybridized carbons (Fsp3) is 0.412. The summed E-state index contributed by atoms with van der Waals surface area (Å²) in [5.74, 6) is 0.785. The van der Waals surface area contributed by atoms with Crippen LogP contribution in [-0.2, 0) is 6.54 Å². The zero-order valence-corrected chi connectivity index (χ0v) is 13.9. The Bertz CT molecular complexity index is 696. The number of nitrogens with zero attached hydrogens (tertiary/aromatic N) is 2. The van der Waals surface area contributed by atoms with Crippen molar-refractivity contribution in [3.05, 3.63) is 36.9 Å². The maximum Gasteiger partial charge on any atom is 0.319 e. The Kier molecular flexibility index (Phi) is 4.59. The first-order chi connectivity index (χ1) is 11.6. The fourth-order valence-corrected chi connectivity index (χ4v) is 2.60. The van der Waals surface area contributed by atoms with E-state index in [4.69, 9.17) is 9.47 Å². The van der Waals surface area contributed by atoms with Crippen molar-refractivity contribution in [1.29, 1.82) is 0 Å². The highest BCUT2D eigenvalue weighted by Crippen LogP contribution is 2.43. The Hall–Kier alpha value is -2.70. The Labute approximate surface area is 141 Å². The van der Waals surface area contributed by atoms with Crippen LogP contribution in [0.15, 0.2) is 36.9 Å². The molecule has 24 heavy (non-hydrogen) atoms. The van der Waals surface area contributed by atoms with E-state index in [1.165, 1.54) is 0 Å². The van der Waals surface area contributed by atoms with E-state index in [9.17, 15) is 4.79 Å². The number of fused-ring (bicyclic) bond motifs is 1. The summed E-state index contributed by atoms with van der Waals surface area (Å²) in [6, 6.07) is 5.16. The summed E-state index contributed by atoms with van der Waals surface area (Å²) in [7, 11) is 0. The molecule has 2 amide bonds. The number of benzene rings is 1. The van der Waals surface area contributed by atoms with Crippen LogP contribution in [-0.4, -0.2) is 27.9 Å². The summed E-state index contributed by atoms with van der Waals surface area (Å²) in [4.78, 5) is 15.9. The van der Waals surface area contributed by atoms with Gasteiger partial charge in [-0.15, -0.1) is 0 Å². The molecule has 0 unspecified atom stereocenters. The quantitative estimate of drug-likeness (QED) is 0.853. The second-order valence-corrected chi connectivity index (χ2v) is 5.66. The fourth-order valence-electron chi connectivity index (χ4n) is 2.60. The lowest BCUT2D eigenvalue weighted by Gasteiger charge is -2.24. The first kappa shape index (κ1) is 16.2. The van der Waals surface area contributed by atoms with Gasteiger partial charge in [-0.05, 0) is 12.1 Å². The first-order valence-corrected chi connectivity index (χ1v) is 8.17. The van der Waals surface area contributed by atoms with Gasteiger partial charge in [-0.1, -0.05) is 13.8 Å². The van der Waals surface area contributed by atoms with Gasteiger partial charge in [0.15, 0.2) is 11.5 Å². The number of rotatable bonds is 6. The summed E-state index contributed by atoms with van der Waals surface area (Å²) < 4.78 is 13.7. The van der Waals surface area contributed by atoms with Crippen LogP contribution in [0.5, 0.6) is 11.5 Å². The Morgan fingerprint density at radius 1 is 1.25 bits per heavy atom. The number of nitrogens with one attached hydrogen (secondary N) is 2. The zero-order chi connectivity index (χ0) is 17.0. The minimum atomic E-state index is -0.589. The van der Waals surface area contributed by atoms with Gasteiger partial charge in [0.1, 0.15) is 0 Å². The first-order valence-electron chi connectivity index (χ1n) is 8.17. The monoisotopic (exact) mass is 330 g/mol. The lowest BCUT2D eigenvalue weighted by atomic mass is 10.1. The number of hydrogen-bond donors (Lipinski definition) is 2. The summed E-state index contributed by atoms with van der Waals surface area (Å²) in [6.07, 6.45) is 6.79. The third-order valence-electron chi connectivity index (χ3n) is 4.09. The Balaban J connectivity index is 1.54. The molecule has 1 aromatic carbocycles. The molecule has 0 aliphatic carbocycles. The molecule has 0 fully saturated rings. The smallest absolute Gasteiger partial charge is 0.319 e. The van der Waals surface area contributed by atoms with E-state index in [0.29, 0.717) is 30.3 Å². The van der Waals surface area contributed by atoms with Gasteiger partial charge in [-0.2, -0.15) is 0 Å². The molecule has 128 valence electrons. The number of carbonyl (C=O) groups is 1. The van der Waals surface area contributed by atoms with Gasteiger partial charge in [0.2, 0.25) is 0 Å². The van der Waals surface area contributed by atoms with Gasteiger partial charge in [0.25, 0.3) is 5.79 Å². The predicted octanol–water partition coefficient (Wildman–Crippen LogP) is 2.99. The van der Waals surface area contributed by atoms with Crippen molar-refractivity contribution in [3.63, 3.8) is 0 Å². The molecule has 0 spiro atoms. The lowest BCUT2D eigenvalue weighted by Crippen LogP contribution is -2.36. The highest BCUT2D eigenvalue weighted by Gasteiger charge is 2.38. The summed E-state index contributed by atoms with van der Waals surface area (Å²) >= 11 is 0. The standard InChI is InChI=1S/C17H22N4O3/c1-3-17(4-2)23-14-6-5-13(11-15(14)24-17)20-16(22)19-8-10-21-9-7-18-12-21/h5-7,9,11-12H,3-4,8,10H2,1-2H3,(H2,19,20,22). The molecule has 2 N–H and O–H groups in total. The van der Waals surface area contributed by atoms with E-state index in [0.717, 1.165) is 12.8 Å². The molecule has 1 aliphatic heterocycles. The van der Waals surface area contributed by atoms with Crippen molar-refractivity contribution >= 4 is 11.7 Å². The SMILES string of the molecule is CCC1(CC)Oc2ccc(NC(=O)NCCn3ccnc3)cc2O1. The number of imidazole rings is 1. The van der Waals surface area contributed by atoms with E-state index in [1.807, 2.05) is 30.7 Å². The van der Waals surface area contributed by atoms with Crippen LogP contribution in [0.1, 0.15) is 26.7 Å².